The Morgan fingerprint density at radius 1 is 1.55 bits per heavy atom. The van der Waals surface area contributed by atoms with E-state index in [2.05, 4.69) is 32.4 Å². The van der Waals surface area contributed by atoms with Crippen molar-refractivity contribution in [1.82, 2.24) is 20.0 Å². The van der Waals surface area contributed by atoms with Crippen LogP contribution < -0.4 is 5.32 Å². The van der Waals surface area contributed by atoms with Crippen molar-refractivity contribution in [3.05, 3.63) is 39.3 Å². The molecule has 3 rings (SSSR count). The molecule has 1 aliphatic heterocycles. The minimum atomic E-state index is -0.558. The van der Waals surface area contributed by atoms with Crippen molar-refractivity contribution >= 4 is 33.2 Å². The predicted molar refractivity (Wildman–Crippen MR) is 90.8 cm³/mol. The molecule has 3 heterocycles. The van der Waals surface area contributed by atoms with Gasteiger partial charge in [0.1, 0.15) is 5.54 Å². The molecular weight excluding hydrogens is 364 g/mol. The number of piperidine rings is 1. The van der Waals surface area contributed by atoms with Gasteiger partial charge in [0.05, 0.1) is 6.54 Å². The molecule has 0 radical (unpaired) electrons. The summed E-state index contributed by atoms with van der Waals surface area (Å²) in [7, 11) is 1.88. The van der Waals surface area contributed by atoms with Gasteiger partial charge in [0.25, 0.3) is 5.91 Å². The van der Waals surface area contributed by atoms with Gasteiger partial charge in [-0.1, -0.05) is 0 Å². The van der Waals surface area contributed by atoms with Crippen molar-refractivity contribution in [3.63, 3.8) is 0 Å². The van der Waals surface area contributed by atoms with Gasteiger partial charge in [0, 0.05) is 34.2 Å². The van der Waals surface area contributed by atoms with Crippen molar-refractivity contribution < 1.29 is 4.79 Å². The third kappa shape index (κ3) is 2.98. The number of hydrogen-bond donors (Lipinski definition) is 1. The zero-order valence-electron chi connectivity index (χ0n) is 12.5. The number of nitrogens with zero attached hydrogens (tertiary/aromatic N) is 3. The number of carbonyl (C=O) groups excluding carboxylic acids is 1. The molecule has 0 spiro atoms. The highest BCUT2D eigenvalue weighted by Crippen LogP contribution is 2.30. The maximum atomic E-state index is 13.2. The Morgan fingerprint density at radius 3 is 2.91 bits per heavy atom. The van der Waals surface area contributed by atoms with Gasteiger partial charge in [-0.15, -0.1) is 11.3 Å². The lowest BCUT2D eigenvalue weighted by molar-refractivity contribution is -0.142. The van der Waals surface area contributed by atoms with Crippen LogP contribution in [0.1, 0.15) is 17.7 Å². The van der Waals surface area contributed by atoms with E-state index >= 15 is 0 Å². The maximum Gasteiger partial charge on any atom is 0.250 e. The molecule has 0 bridgehead atoms. The number of nitrogens with one attached hydrogen (secondary N) is 1. The summed E-state index contributed by atoms with van der Waals surface area (Å²) in [5.41, 5.74) is -0.558. The Labute approximate surface area is 142 Å². The van der Waals surface area contributed by atoms with E-state index in [1.165, 1.54) is 4.88 Å². The van der Waals surface area contributed by atoms with Gasteiger partial charge in [-0.2, -0.15) is 5.10 Å². The Hall–Kier alpha value is -1.18. The summed E-state index contributed by atoms with van der Waals surface area (Å²) in [5.74, 6) is 0.141. The number of aromatic nitrogens is 2. The Bertz CT molecular complexity index is 634. The van der Waals surface area contributed by atoms with Crippen molar-refractivity contribution in [1.29, 1.82) is 0 Å². The third-order valence-electron chi connectivity index (χ3n) is 4.13. The van der Waals surface area contributed by atoms with E-state index in [1.807, 2.05) is 34.3 Å². The first-order valence-electron chi connectivity index (χ1n) is 7.31. The standard InChI is InChI=1S/C15H19BrN4OS/c1-19(10-13-9-12(16)11-22-13)14(21)15(3-6-17-7-4-15)20-8-2-5-18-20/h2,5,8-9,11,17H,3-4,6-7,10H2,1H3. The molecule has 0 saturated carbocycles. The highest BCUT2D eigenvalue weighted by molar-refractivity contribution is 9.10. The molecule has 7 heteroatoms. The number of carbonyl (C=O) groups is 1. The fraction of sp³-hybridized carbons (Fsp3) is 0.467. The van der Waals surface area contributed by atoms with Gasteiger partial charge in [0.2, 0.25) is 0 Å². The zero-order chi connectivity index (χ0) is 15.6. The Balaban J connectivity index is 1.83. The Morgan fingerprint density at radius 2 is 2.32 bits per heavy atom. The lowest BCUT2D eigenvalue weighted by Crippen LogP contribution is -2.54. The number of rotatable bonds is 4. The summed E-state index contributed by atoms with van der Waals surface area (Å²) in [6.45, 7) is 2.31. The van der Waals surface area contributed by atoms with E-state index in [-0.39, 0.29) is 5.91 Å². The van der Waals surface area contributed by atoms with Crippen LogP contribution in [0.5, 0.6) is 0 Å². The average Bonchev–Trinajstić information content (AvgIpc) is 3.19. The van der Waals surface area contributed by atoms with Gasteiger partial charge >= 0.3 is 0 Å². The van der Waals surface area contributed by atoms with Crippen LogP contribution in [0.15, 0.2) is 34.4 Å². The molecule has 1 amide bonds. The van der Waals surface area contributed by atoms with Crippen LogP contribution in [0, 0.1) is 0 Å². The van der Waals surface area contributed by atoms with E-state index in [1.54, 1.807) is 17.5 Å². The fourth-order valence-electron chi connectivity index (χ4n) is 3.00. The van der Waals surface area contributed by atoms with Crippen LogP contribution in [-0.4, -0.2) is 40.7 Å². The fourth-order valence-corrected chi connectivity index (χ4v) is 4.50. The largest absolute Gasteiger partial charge is 0.339 e. The van der Waals surface area contributed by atoms with E-state index in [4.69, 9.17) is 0 Å². The second kappa shape index (κ2) is 6.52. The maximum absolute atomic E-state index is 13.2. The van der Waals surface area contributed by atoms with E-state index < -0.39 is 5.54 Å². The van der Waals surface area contributed by atoms with Gasteiger partial charge in [-0.25, -0.2) is 0 Å². The van der Waals surface area contributed by atoms with Crippen LogP contribution in [0.3, 0.4) is 0 Å². The van der Waals surface area contributed by atoms with Crippen LogP contribution in [0.2, 0.25) is 0 Å². The normalized spacial score (nSPS) is 17.4. The monoisotopic (exact) mass is 382 g/mol. The number of thiophene rings is 1. The van der Waals surface area contributed by atoms with Gasteiger partial charge in [-0.05, 0) is 54.0 Å². The summed E-state index contributed by atoms with van der Waals surface area (Å²) in [6, 6.07) is 3.95. The molecule has 1 fully saturated rings. The first-order chi connectivity index (χ1) is 10.6. The van der Waals surface area contributed by atoms with Crippen LogP contribution in [0.25, 0.3) is 0 Å². The van der Waals surface area contributed by atoms with E-state index in [0.717, 1.165) is 30.4 Å². The summed E-state index contributed by atoms with van der Waals surface area (Å²) in [5, 5.41) is 9.74. The summed E-state index contributed by atoms with van der Waals surface area (Å²) in [4.78, 5) is 16.2. The molecule has 2 aromatic heterocycles. The zero-order valence-corrected chi connectivity index (χ0v) is 14.9. The van der Waals surface area contributed by atoms with Crippen molar-refractivity contribution in [3.8, 4) is 0 Å². The van der Waals surface area contributed by atoms with Crippen molar-refractivity contribution in [2.45, 2.75) is 24.9 Å². The molecule has 0 atom stereocenters. The molecule has 0 aromatic carbocycles. The first-order valence-corrected chi connectivity index (χ1v) is 8.98. The first kappa shape index (κ1) is 15.7. The minimum absolute atomic E-state index is 0.141. The Kier molecular flexibility index (Phi) is 4.65. The van der Waals surface area contributed by atoms with Crippen molar-refractivity contribution in [2.24, 2.45) is 0 Å². The molecule has 5 nitrogen and oxygen atoms in total. The predicted octanol–water partition coefficient (Wildman–Crippen LogP) is 2.44. The SMILES string of the molecule is CN(Cc1cc(Br)cs1)C(=O)C1(n2cccn2)CCNCC1. The molecule has 1 N–H and O–H groups in total. The van der Waals surface area contributed by atoms with E-state index in [9.17, 15) is 4.79 Å². The van der Waals surface area contributed by atoms with Gasteiger partial charge < -0.3 is 10.2 Å². The summed E-state index contributed by atoms with van der Waals surface area (Å²) >= 11 is 5.13. The van der Waals surface area contributed by atoms with Crippen LogP contribution in [-0.2, 0) is 16.9 Å². The van der Waals surface area contributed by atoms with Gasteiger partial charge in [-0.3, -0.25) is 9.48 Å². The average molecular weight is 383 g/mol. The van der Waals surface area contributed by atoms with Crippen molar-refractivity contribution in [2.75, 3.05) is 20.1 Å². The van der Waals surface area contributed by atoms with Gasteiger partial charge in [0.15, 0.2) is 0 Å². The number of hydrogen-bond acceptors (Lipinski definition) is 4. The summed E-state index contributed by atoms with van der Waals surface area (Å²) < 4.78 is 2.91. The van der Waals surface area contributed by atoms with Crippen LogP contribution >= 0.6 is 27.3 Å². The van der Waals surface area contributed by atoms with E-state index in [0.29, 0.717) is 6.54 Å². The third-order valence-corrected chi connectivity index (χ3v) is 5.82. The van der Waals surface area contributed by atoms with Crippen LogP contribution in [0.4, 0.5) is 0 Å². The number of halogens is 1. The summed E-state index contributed by atoms with van der Waals surface area (Å²) in [6.07, 6.45) is 5.18. The topological polar surface area (TPSA) is 50.2 Å². The molecule has 1 aliphatic rings. The lowest BCUT2D eigenvalue weighted by Gasteiger charge is -2.39. The smallest absolute Gasteiger partial charge is 0.250 e. The quantitative estimate of drug-likeness (QED) is 0.883. The molecule has 118 valence electrons. The molecule has 0 aliphatic carbocycles. The minimum Gasteiger partial charge on any atom is -0.339 e. The second-order valence-corrected chi connectivity index (χ2v) is 7.54. The number of amides is 1. The highest BCUT2D eigenvalue weighted by Gasteiger charge is 2.43. The molecule has 2 aromatic rings. The second-order valence-electron chi connectivity index (χ2n) is 5.62. The molecular formula is C15H19BrN4OS. The highest BCUT2D eigenvalue weighted by atomic mass is 79.9. The number of likely N-dealkylation sites (N-methyl/N-ethyl adjacent to an activating group) is 1. The lowest BCUT2D eigenvalue weighted by atomic mass is 9.87. The molecule has 22 heavy (non-hydrogen) atoms. The molecule has 1 saturated heterocycles. The molecule has 0 unspecified atom stereocenters.